The van der Waals surface area contributed by atoms with Crippen molar-refractivity contribution < 1.29 is 37.9 Å². The molecule has 0 saturated carbocycles. The van der Waals surface area contributed by atoms with Crippen molar-refractivity contribution >= 4 is 49.6 Å². The summed E-state index contributed by atoms with van der Waals surface area (Å²) in [6.07, 6.45) is 3.03. The van der Waals surface area contributed by atoms with Crippen LogP contribution in [0.25, 0.3) is 82.8 Å². The van der Waals surface area contributed by atoms with Crippen molar-refractivity contribution in [3.8, 4) is 50.2 Å². The number of hydrogen-bond donors (Lipinski definition) is 0. The van der Waals surface area contributed by atoms with Crippen molar-refractivity contribution in [1.29, 1.82) is 0 Å². The molecule has 0 N–H and O–H groups in total. The molecule has 2 aliphatic carbocycles. The Hall–Kier alpha value is -8.26. The Kier molecular flexibility index (Phi) is 18.8. The van der Waals surface area contributed by atoms with Gasteiger partial charge >= 0.3 is 0 Å². The molecule has 1 aromatic heterocycles. The van der Waals surface area contributed by atoms with Crippen LogP contribution in [0.4, 0.5) is 17.1 Å². The smallest absolute Gasteiger partial charge is 0.0700 e. The third kappa shape index (κ3) is 11.7. The maximum atomic E-state index is 6.39. The Labute approximate surface area is 529 Å². The van der Waals surface area contributed by atoms with Crippen molar-refractivity contribution in [3.05, 3.63) is 241 Å². The zero-order chi connectivity index (χ0) is 61.3. The molecule has 0 unspecified atom stereocenters. The zero-order valence-corrected chi connectivity index (χ0v) is 52.3. The minimum absolute atomic E-state index is 0.428. The maximum Gasteiger partial charge on any atom is 0.0700 e. The highest BCUT2D eigenvalue weighted by Gasteiger charge is 2.45. The predicted octanol–water partition coefficient (Wildman–Crippen LogP) is 17.5. The van der Waals surface area contributed by atoms with E-state index in [-0.39, 0.29) is 0 Å². The summed E-state index contributed by atoms with van der Waals surface area (Å²) in [6, 6.07) is 81.3. The number of rotatable bonds is 30. The standard InChI is InChI=1S/C80H80N2O8/c1-83-45-49-87-41-37-79(38-42-88-50-46-84-2)72-25-13-10-22-65(72)67-34-31-61(55-74(67)79)81(62-32-35-68-66-23-11-14-26-73(66)80(75(68)56-62,39-43-89-51-47-85-3)40-44-90-52-48-86-4)60-30-33-63(70(54-60)58-17-6-5-7-18-58)59-29-36-78-71(53-59)69-24-12-15-27-77(69)82(78)76-28-16-20-57-19-8-9-21-64(57)76/h5-36,53-56H,37-52H2,1-4H3. The SMILES string of the molecule is COCCOCCC1(CCOCCOC)c2ccccc2-c2ccc(N(c3ccc(-c4ccc5c(c4)c4ccccc4n5-c4cccc5ccccc45)c(-c4ccccc4)c3)c3ccc4c(c3)C(CCOCCOC)(CCOCCOC)c3ccccc3-4)cc21. The monoisotopic (exact) mass is 1200 g/mol. The lowest BCUT2D eigenvalue weighted by atomic mass is 9.73. The number of benzene rings is 10. The average Bonchev–Trinajstić information content (AvgIpc) is 1.58. The second-order valence-electron chi connectivity index (χ2n) is 23.6. The van der Waals surface area contributed by atoms with E-state index < -0.39 is 10.8 Å². The maximum absolute atomic E-state index is 6.39. The Balaban J connectivity index is 1.01. The van der Waals surface area contributed by atoms with Gasteiger partial charge in [0.1, 0.15) is 0 Å². The van der Waals surface area contributed by atoms with Crippen LogP contribution in [0.1, 0.15) is 47.9 Å². The highest BCUT2D eigenvalue weighted by atomic mass is 16.5. The number of nitrogens with zero attached hydrogens (tertiary/aromatic N) is 2. The Morgan fingerprint density at radius 2 is 0.744 bits per heavy atom. The largest absolute Gasteiger partial charge is 0.382 e. The second kappa shape index (κ2) is 27.9. The van der Waals surface area contributed by atoms with Gasteiger partial charge < -0.3 is 47.4 Å². The molecule has 13 rings (SSSR count). The quantitative estimate of drug-likeness (QED) is 0.0409. The minimum Gasteiger partial charge on any atom is -0.382 e. The first-order valence-corrected chi connectivity index (χ1v) is 31.8. The van der Waals surface area contributed by atoms with Gasteiger partial charge in [0.05, 0.1) is 69.6 Å². The number of aromatic nitrogens is 1. The van der Waals surface area contributed by atoms with Crippen LogP contribution in [0.2, 0.25) is 0 Å². The summed E-state index contributed by atoms with van der Waals surface area (Å²) in [5.74, 6) is 0. The molecule has 0 aliphatic heterocycles. The molecule has 0 amide bonds. The normalized spacial score (nSPS) is 13.5. The van der Waals surface area contributed by atoms with E-state index in [1.54, 1.807) is 28.4 Å². The Morgan fingerprint density at radius 3 is 1.30 bits per heavy atom. The molecule has 90 heavy (non-hydrogen) atoms. The highest BCUT2D eigenvalue weighted by molar-refractivity contribution is 6.12. The molecule has 0 atom stereocenters. The summed E-state index contributed by atoms with van der Waals surface area (Å²) in [6.45, 7) is 6.41. The molecule has 11 aromatic rings. The fraction of sp³-hybridized carbons (Fsp3) is 0.275. The van der Waals surface area contributed by atoms with Crippen molar-refractivity contribution in [1.82, 2.24) is 4.57 Å². The second-order valence-corrected chi connectivity index (χ2v) is 23.6. The lowest BCUT2D eigenvalue weighted by Crippen LogP contribution is -2.30. The van der Waals surface area contributed by atoms with Gasteiger partial charge in [-0.15, -0.1) is 0 Å². The molecular weight excluding hydrogens is 1120 g/mol. The predicted molar refractivity (Wildman–Crippen MR) is 366 cm³/mol. The zero-order valence-electron chi connectivity index (χ0n) is 52.3. The number of methoxy groups -OCH3 is 4. The van der Waals surface area contributed by atoms with Crippen LogP contribution in [0.15, 0.2) is 218 Å². The van der Waals surface area contributed by atoms with Gasteiger partial charge in [-0.05, 0) is 158 Å². The van der Waals surface area contributed by atoms with Crippen LogP contribution in [0.3, 0.4) is 0 Å². The minimum atomic E-state index is -0.428. The van der Waals surface area contributed by atoms with Crippen LogP contribution >= 0.6 is 0 Å². The van der Waals surface area contributed by atoms with E-state index >= 15 is 0 Å². The van der Waals surface area contributed by atoms with E-state index in [4.69, 9.17) is 37.9 Å². The lowest BCUT2D eigenvalue weighted by Gasteiger charge is -2.35. The van der Waals surface area contributed by atoms with Gasteiger partial charge in [0.25, 0.3) is 0 Å². The highest BCUT2D eigenvalue weighted by Crippen LogP contribution is 2.57. The molecule has 10 heteroatoms. The Bertz CT molecular complexity index is 4100. The first-order valence-electron chi connectivity index (χ1n) is 31.8. The molecule has 2 aliphatic rings. The molecule has 458 valence electrons. The van der Waals surface area contributed by atoms with Crippen molar-refractivity contribution in [3.63, 3.8) is 0 Å². The summed E-state index contributed by atoms with van der Waals surface area (Å²) >= 11 is 0. The van der Waals surface area contributed by atoms with Gasteiger partial charge in [0.15, 0.2) is 0 Å². The molecule has 10 nitrogen and oxygen atoms in total. The van der Waals surface area contributed by atoms with Crippen molar-refractivity contribution in [2.45, 2.75) is 36.5 Å². The summed E-state index contributed by atoms with van der Waals surface area (Å²) < 4.78 is 49.8. The summed E-state index contributed by atoms with van der Waals surface area (Å²) in [4.78, 5) is 2.49. The number of fused-ring (bicyclic) bond motifs is 10. The van der Waals surface area contributed by atoms with E-state index in [1.165, 1.54) is 77.3 Å². The van der Waals surface area contributed by atoms with E-state index in [0.29, 0.717) is 79.3 Å². The number of para-hydroxylation sites is 1. The van der Waals surface area contributed by atoms with E-state index in [2.05, 4.69) is 228 Å². The third-order valence-electron chi connectivity index (χ3n) is 18.8. The van der Waals surface area contributed by atoms with Crippen LogP contribution in [-0.4, -0.2) is 112 Å². The van der Waals surface area contributed by atoms with E-state index in [9.17, 15) is 0 Å². The average molecular weight is 1200 g/mol. The third-order valence-corrected chi connectivity index (χ3v) is 18.8. The fourth-order valence-corrected chi connectivity index (χ4v) is 14.5. The van der Waals surface area contributed by atoms with Gasteiger partial charge in [0.2, 0.25) is 0 Å². The summed E-state index contributed by atoms with van der Waals surface area (Å²) in [5.41, 5.74) is 20.4. The molecule has 0 bridgehead atoms. The lowest BCUT2D eigenvalue weighted by molar-refractivity contribution is 0.0490. The summed E-state index contributed by atoms with van der Waals surface area (Å²) in [7, 11) is 6.89. The van der Waals surface area contributed by atoms with Gasteiger partial charge in [-0.2, -0.15) is 0 Å². The molecule has 0 fully saturated rings. The topological polar surface area (TPSA) is 82.0 Å². The first-order chi connectivity index (χ1) is 44.5. The van der Waals surface area contributed by atoms with Crippen LogP contribution in [-0.2, 0) is 48.7 Å². The summed E-state index contributed by atoms with van der Waals surface area (Å²) in [5, 5.41) is 4.84. The van der Waals surface area contributed by atoms with E-state index in [0.717, 1.165) is 70.5 Å². The molecule has 1 heterocycles. The van der Waals surface area contributed by atoms with Gasteiger partial charge in [-0.25, -0.2) is 0 Å². The molecule has 0 saturated heterocycles. The van der Waals surface area contributed by atoms with Crippen LogP contribution < -0.4 is 4.90 Å². The van der Waals surface area contributed by atoms with Crippen LogP contribution in [0.5, 0.6) is 0 Å². The van der Waals surface area contributed by atoms with Crippen molar-refractivity contribution in [2.75, 3.05) is 113 Å². The molecule has 0 radical (unpaired) electrons. The number of ether oxygens (including phenoxy) is 8. The molecular formula is C80H80N2O8. The first kappa shape index (κ1) is 60.6. The molecule has 0 spiro atoms. The van der Waals surface area contributed by atoms with Crippen molar-refractivity contribution in [2.24, 2.45) is 0 Å². The Morgan fingerprint density at radius 1 is 0.300 bits per heavy atom. The molecule has 10 aromatic carbocycles. The van der Waals surface area contributed by atoms with Gasteiger partial charge in [0, 0.05) is 98.9 Å². The van der Waals surface area contributed by atoms with Gasteiger partial charge in [-0.1, -0.05) is 158 Å². The van der Waals surface area contributed by atoms with Gasteiger partial charge in [-0.3, -0.25) is 0 Å². The van der Waals surface area contributed by atoms with Crippen LogP contribution in [0, 0.1) is 0 Å². The number of hydrogen-bond acceptors (Lipinski definition) is 9. The fourth-order valence-electron chi connectivity index (χ4n) is 14.5. The number of anilines is 3. The van der Waals surface area contributed by atoms with E-state index in [1.807, 2.05) is 0 Å².